The molecule has 152 valence electrons. The first-order valence-corrected chi connectivity index (χ1v) is 9.60. The average Bonchev–Trinajstić information content (AvgIpc) is 3.25. The van der Waals surface area contributed by atoms with E-state index in [1.807, 2.05) is 42.1 Å². The van der Waals surface area contributed by atoms with Crippen LogP contribution in [0.25, 0.3) is 5.70 Å². The third kappa shape index (κ3) is 4.45. The molecule has 4 heterocycles. The first-order chi connectivity index (χ1) is 14.1. The molecule has 0 bridgehead atoms. The van der Waals surface area contributed by atoms with Crippen molar-refractivity contribution in [2.24, 2.45) is 0 Å². The minimum absolute atomic E-state index is 0.0134. The molecule has 0 radical (unpaired) electrons. The molecule has 1 N–H and O–H groups in total. The number of piperidine rings is 1. The lowest BCUT2D eigenvalue weighted by molar-refractivity contribution is -0.143. The average molecular weight is 396 g/mol. The second kappa shape index (κ2) is 8.44. The number of aromatic nitrogens is 3. The number of hydroxylamine groups is 1. The summed E-state index contributed by atoms with van der Waals surface area (Å²) in [6, 6.07) is 5.96. The molecular formula is C20H24N6O3. The van der Waals surface area contributed by atoms with Gasteiger partial charge in [-0.1, -0.05) is 0 Å². The van der Waals surface area contributed by atoms with Crippen LogP contribution in [0, 0.1) is 0 Å². The molecule has 0 aliphatic carbocycles. The van der Waals surface area contributed by atoms with Crippen molar-refractivity contribution in [3.63, 3.8) is 0 Å². The number of amides is 1. The number of pyridine rings is 1. The summed E-state index contributed by atoms with van der Waals surface area (Å²) in [4.78, 5) is 34.6. The number of carbonyl (C=O) groups excluding carboxylic acids is 1. The topological polar surface area (TPSA) is 92.7 Å². The highest BCUT2D eigenvalue weighted by Gasteiger charge is 2.32. The minimum atomic E-state index is -0.636. The van der Waals surface area contributed by atoms with Crippen LogP contribution in [-0.2, 0) is 9.63 Å². The Morgan fingerprint density at radius 2 is 2.10 bits per heavy atom. The van der Waals surface area contributed by atoms with Gasteiger partial charge < -0.3 is 14.5 Å². The van der Waals surface area contributed by atoms with Crippen LogP contribution in [-0.4, -0.2) is 65.2 Å². The maximum absolute atomic E-state index is 12.8. The Morgan fingerprint density at radius 1 is 1.28 bits per heavy atom. The number of anilines is 1. The Bertz CT molecular complexity index is 881. The molecule has 1 atom stereocenters. The van der Waals surface area contributed by atoms with E-state index >= 15 is 0 Å². The fourth-order valence-corrected chi connectivity index (χ4v) is 3.31. The summed E-state index contributed by atoms with van der Waals surface area (Å²) in [6.45, 7) is 1.21. The van der Waals surface area contributed by atoms with Gasteiger partial charge >= 0.3 is 6.01 Å². The van der Waals surface area contributed by atoms with E-state index in [9.17, 15) is 4.79 Å². The Morgan fingerprint density at radius 3 is 2.83 bits per heavy atom. The molecule has 2 aromatic rings. The van der Waals surface area contributed by atoms with Gasteiger partial charge in [-0.2, -0.15) is 4.98 Å². The predicted octanol–water partition coefficient (Wildman–Crippen LogP) is 1.25. The van der Waals surface area contributed by atoms with Gasteiger partial charge in [0.2, 0.25) is 0 Å². The summed E-state index contributed by atoms with van der Waals surface area (Å²) in [5, 5.41) is 0. The van der Waals surface area contributed by atoms with E-state index in [1.165, 1.54) is 0 Å². The fourth-order valence-electron chi connectivity index (χ4n) is 3.31. The molecular weight excluding hydrogens is 372 g/mol. The first-order valence-electron chi connectivity index (χ1n) is 9.60. The maximum Gasteiger partial charge on any atom is 0.318 e. The van der Waals surface area contributed by atoms with Crippen molar-refractivity contribution < 1.29 is 14.4 Å². The van der Waals surface area contributed by atoms with Crippen LogP contribution in [0.5, 0.6) is 6.01 Å². The van der Waals surface area contributed by atoms with E-state index in [0.717, 1.165) is 29.9 Å². The van der Waals surface area contributed by atoms with Crippen LogP contribution >= 0.6 is 0 Å². The molecule has 1 unspecified atom stereocenters. The second-order valence-corrected chi connectivity index (χ2v) is 7.20. The Kier molecular flexibility index (Phi) is 5.57. The van der Waals surface area contributed by atoms with E-state index in [4.69, 9.17) is 9.57 Å². The third-order valence-corrected chi connectivity index (χ3v) is 4.93. The number of rotatable bonds is 5. The lowest BCUT2D eigenvalue weighted by Gasteiger charge is -2.32. The van der Waals surface area contributed by atoms with Crippen LogP contribution in [0.1, 0.15) is 18.4 Å². The van der Waals surface area contributed by atoms with Crippen molar-refractivity contribution in [2.75, 3.05) is 32.1 Å². The largest absolute Gasteiger partial charge is 0.460 e. The SMILES string of the molecule is CN(C)c1ccnc(OC2CCN(C(=O)C3C=C(c4cccnc4)NO3)CC2)n1. The zero-order chi connectivity index (χ0) is 20.2. The van der Waals surface area contributed by atoms with E-state index in [-0.39, 0.29) is 12.0 Å². The van der Waals surface area contributed by atoms with E-state index < -0.39 is 6.10 Å². The number of nitrogens with one attached hydrogen (secondary N) is 1. The highest BCUT2D eigenvalue weighted by molar-refractivity contribution is 5.86. The van der Waals surface area contributed by atoms with Gasteiger partial charge in [0, 0.05) is 64.2 Å². The fraction of sp³-hybridized carbons (Fsp3) is 0.400. The summed E-state index contributed by atoms with van der Waals surface area (Å²) in [6.07, 6.45) is 7.71. The highest BCUT2D eigenvalue weighted by Crippen LogP contribution is 2.22. The monoisotopic (exact) mass is 396 g/mol. The molecule has 2 aliphatic heterocycles. The molecule has 9 nitrogen and oxygen atoms in total. The lowest BCUT2D eigenvalue weighted by Crippen LogP contribution is -2.46. The van der Waals surface area contributed by atoms with Gasteiger partial charge in [0.05, 0.1) is 5.70 Å². The Balaban J connectivity index is 1.31. The minimum Gasteiger partial charge on any atom is -0.460 e. The van der Waals surface area contributed by atoms with Crippen molar-refractivity contribution >= 4 is 17.4 Å². The molecule has 1 amide bonds. The quantitative estimate of drug-likeness (QED) is 0.807. The van der Waals surface area contributed by atoms with E-state index in [0.29, 0.717) is 19.1 Å². The zero-order valence-corrected chi connectivity index (χ0v) is 16.5. The molecule has 1 saturated heterocycles. The smallest absolute Gasteiger partial charge is 0.318 e. The third-order valence-electron chi connectivity index (χ3n) is 4.93. The van der Waals surface area contributed by atoms with Crippen molar-refractivity contribution in [1.82, 2.24) is 25.3 Å². The molecule has 9 heteroatoms. The number of hydrogen-bond acceptors (Lipinski definition) is 8. The van der Waals surface area contributed by atoms with Gasteiger partial charge in [-0.25, -0.2) is 4.98 Å². The van der Waals surface area contributed by atoms with Gasteiger partial charge in [-0.3, -0.25) is 20.1 Å². The van der Waals surface area contributed by atoms with Gasteiger partial charge in [0.15, 0.2) is 6.10 Å². The number of nitrogens with zero attached hydrogens (tertiary/aromatic N) is 5. The second-order valence-electron chi connectivity index (χ2n) is 7.20. The molecule has 2 aliphatic rings. The summed E-state index contributed by atoms with van der Waals surface area (Å²) in [5.74, 6) is 0.741. The van der Waals surface area contributed by atoms with Crippen molar-refractivity contribution in [1.29, 1.82) is 0 Å². The van der Waals surface area contributed by atoms with E-state index in [1.54, 1.807) is 24.7 Å². The van der Waals surface area contributed by atoms with Gasteiger partial charge in [-0.15, -0.1) is 0 Å². The van der Waals surface area contributed by atoms with Gasteiger partial charge in [-0.05, 0) is 24.3 Å². The normalized spacial score (nSPS) is 19.4. The number of hydrogen-bond donors (Lipinski definition) is 1. The van der Waals surface area contributed by atoms with Crippen molar-refractivity contribution in [3.05, 3.63) is 48.4 Å². The first kappa shape index (κ1) is 19.1. The summed E-state index contributed by atoms with van der Waals surface area (Å²) in [5.41, 5.74) is 4.47. The predicted molar refractivity (Wildman–Crippen MR) is 107 cm³/mol. The van der Waals surface area contributed by atoms with Crippen molar-refractivity contribution in [3.8, 4) is 6.01 Å². The highest BCUT2D eigenvalue weighted by atomic mass is 16.7. The summed E-state index contributed by atoms with van der Waals surface area (Å²) >= 11 is 0. The molecule has 0 aromatic carbocycles. The lowest BCUT2D eigenvalue weighted by atomic mass is 10.1. The maximum atomic E-state index is 12.8. The van der Waals surface area contributed by atoms with Crippen LogP contribution < -0.4 is 15.1 Å². The van der Waals surface area contributed by atoms with Gasteiger partial charge in [0.25, 0.3) is 5.91 Å². The number of likely N-dealkylation sites (tertiary alicyclic amines) is 1. The number of carbonyl (C=O) groups is 1. The zero-order valence-electron chi connectivity index (χ0n) is 16.5. The Hall–Kier alpha value is -3.20. The Labute approximate surface area is 169 Å². The molecule has 2 aromatic heterocycles. The molecule has 4 rings (SSSR count). The standard InChI is InChI=1S/C20H24N6O3/c1-25(2)18-5-9-22-20(23-18)28-15-6-10-26(11-7-15)19(27)17-12-16(24-29-17)14-4-3-8-21-13-14/h3-5,8-9,12-13,15,17,24H,6-7,10-11H2,1-2H3. The van der Waals surface area contributed by atoms with Crippen LogP contribution in [0.3, 0.4) is 0 Å². The summed E-state index contributed by atoms with van der Waals surface area (Å²) in [7, 11) is 3.84. The molecule has 1 fully saturated rings. The molecule has 0 spiro atoms. The van der Waals surface area contributed by atoms with Crippen molar-refractivity contribution in [2.45, 2.75) is 25.0 Å². The van der Waals surface area contributed by atoms with Gasteiger partial charge in [0.1, 0.15) is 11.9 Å². The van der Waals surface area contributed by atoms with E-state index in [2.05, 4.69) is 20.4 Å². The van der Waals surface area contributed by atoms with Crippen LogP contribution in [0.4, 0.5) is 5.82 Å². The molecule has 29 heavy (non-hydrogen) atoms. The van der Waals surface area contributed by atoms with Crippen LogP contribution in [0.2, 0.25) is 0 Å². The van der Waals surface area contributed by atoms with Crippen LogP contribution in [0.15, 0.2) is 42.9 Å². The molecule has 0 saturated carbocycles. The number of ether oxygens (including phenoxy) is 1. The summed E-state index contributed by atoms with van der Waals surface area (Å²) < 4.78 is 5.93.